The average Bonchev–Trinajstić information content (AvgIpc) is 2.88. The van der Waals surface area contributed by atoms with Crippen molar-refractivity contribution in [2.24, 2.45) is 0 Å². The van der Waals surface area contributed by atoms with Crippen molar-refractivity contribution in [3.8, 4) is 23.0 Å². The summed E-state index contributed by atoms with van der Waals surface area (Å²) < 4.78 is 23.2. The van der Waals surface area contributed by atoms with Gasteiger partial charge in [-0.25, -0.2) is 0 Å². The highest BCUT2D eigenvalue weighted by atomic mass is 16.5. The Hall–Kier alpha value is -3.52. The van der Waals surface area contributed by atoms with E-state index in [-0.39, 0.29) is 5.91 Å². The lowest BCUT2D eigenvalue weighted by Crippen LogP contribution is -2.48. The van der Waals surface area contributed by atoms with E-state index in [2.05, 4.69) is 4.90 Å². The lowest BCUT2D eigenvalue weighted by Gasteiger charge is -2.34. The molecule has 1 amide bonds. The highest BCUT2D eigenvalue weighted by Gasteiger charge is 2.18. The molecule has 0 spiro atoms. The number of amides is 1. The number of carbonyl (C=O) groups excluding carboxylic acids is 2. The van der Waals surface area contributed by atoms with Crippen molar-refractivity contribution in [3.05, 3.63) is 52.6 Å². The van der Waals surface area contributed by atoms with Gasteiger partial charge in [-0.15, -0.1) is 0 Å². The Balaban J connectivity index is 1.66. The minimum absolute atomic E-state index is 0.146. The van der Waals surface area contributed by atoms with Crippen molar-refractivity contribution >= 4 is 18.0 Å². The minimum Gasteiger partial charge on any atom is -0.496 e. The zero-order valence-corrected chi connectivity index (χ0v) is 22.8. The van der Waals surface area contributed by atoms with Crippen molar-refractivity contribution < 1.29 is 28.5 Å². The van der Waals surface area contributed by atoms with Crippen LogP contribution in [-0.2, 0) is 9.59 Å². The zero-order valence-electron chi connectivity index (χ0n) is 22.8. The number of aryl methyl sites for hydroxylation is 2. The fourth-order valence-electron chi connectivity index (χ4n) is 4.51. The summed E-state index contributed by atoms with van der Waals surface area (Å²) in [4.78, 5) is 27.2. The molecule has 0 unspecified atom stereocenters. The second-order valence-electron chi connectivity index (χ2n) is 9.21. The van der Waals surface area contributed by atoms with Crippen LogP contribution in [0.2, 0.25) is 0 Å². The third-order valence-corrected chi connectivity index (χ3v) is 6.61. The fourth-order valence-corrected chi connectivity index (χ4v) is 4.51. The van der Waals surface area contributed by atoms with Crippen LogP contribution in [0.15, 0.2) is 30.3 Å². The standard InChI is InChI=1S/C29H38N2O6/c1-20-16-24(26(8-14-32)37-28-19-25(34-5)18-27(35-6)22(28)3)17-21(2)29(20)36-15-7-9-30-10-12-31(13-11-30)23(4)33/h8,14,16-19H,7,9-13,15H2,1-6H3/b26-8-. The van der Waals surface area contributed by atoms with Crippen LogP contribution in [0, 0.1) is 20.8 Å². The summed E-state index contributed by atoms with van der Waals surface area (Å²) in [7, 11) is 3.17. The molecule has 1 heterocycles. The topological polar surface area (TPSA) is 77.5 Å². The number of nitrogens with zero attached hydrogens (tertiary/aromatic N) is 2. The largest absolute Gasteiger partial charge is 0.496 e. The van der Waals surface area contributed by atoms with E-state index in [1.165, 1.54) is 6.08 Å². The molecule has 0 N–H and O–H groups in total. The Labute approximate surface area is 219 Å². The second kappa shape index (κ2) is 13.1. The molecule has 0 atom stereocenters. The molecule has 0 radical (unpaired) electrons. The molecule has 3 rings (SSSR count). The predicted molar refractivity (Wildman–Crippen MR) is 144 cm³/mol. The van der Waals surface area contributed by atoms with E-state index in [0.717, 1.165) is 67.1 Å². The normalized spacial score (nSPS) is 14.3. The molecule has 8 heteroatoms. The van der Waals surface area contributed by atoms with Crippen LogP contribution in [0.4, 0.5) is 0 Å². The van der Waals surface area contributed by atoms with Crippen LogP contribution in [0.3, 0.4) is 0 Å². The SMILES string of the molecule is COc1cc(OC)c(C)c(O/C(=C\C=O)c2cc(C)c(OCCCN3CCN(C(C)=O)CC3)c(C)c2)c1. The quantitative estimate of drug-likeness (QED) is 0.194. The van der Waals surface area contributed by atoms with Crippen LogP contribution in [0.5, 0.6) is 23.0 Å². The lowest BCUT2D eigenvalue weighted by molar-refractivity contribution is -0.130. The molecule has 2 aromatic rings. The van der Waals surface area contributed by atoms with Crippen LogP contribution in [0.25, 0.3) is 5.76 Å². The summed E-state index contributed by atoms with van der Waals surface area (Å²) in [6.45, 7) is 12.4. The third-order valence-electron chi connectivity index (χ3n) is 6.61. The summed E-state index contributed by atoms with van der Waals surface area (Å²) in [5.41, 5.74) is 3.51. The number of piperazine rings is 1. The summed E-state index contributed by atoms with van der Waals surface area (Å²) in [5, 5.41) is 0. The van der Waals surface area contributed by atoms with Gasteiger partial charge >= 0.3 is 0 Å². The van der Waals surface area contributed by atoms with Crippen molar-refractivity contribution in [2.45, 2.75) is 34.1 Å². The van der Waals surface area contributed by atoms with Crippen molar-refractivity contribution in [1.29, 1.82) is 0 Å². The van der Waals surface area contributed by atoms with E-state index in [4.69, 9.17) is 18.9 Å². The van der Waals surface area contributed by atoms with Gasteiger partial charge in [0.1, 0.15) is 35.0 Å². The number of hydrogen-bond acceptors (Lipinski definition) is 7. The Morgan fingerprint density at radius 3 is 2.16 bits per heavy atom. The first kappa shape index (κ1) is 28.1. The molecule has 8 nitrogen and oxygen atoms in total. The number of hydrogen-bond donors (Lipinski definition) is 0. The van der Waals surface area contributed by atoms with Crippen molar-refractivity contribution in [3.63, 3.8) is 0 Å². The first-order valence-corrected chi connectivity index (χ1v) is 12.6. The summed E-state index contributed by atoms with van der Waals surface area (Å²) in [5.74, 6) is 3.19. The van der Waals surface area contributed by atoms with Gasteiger partial charge in [-0.2, -0.15) is 0 Å². The van der Waals surface area contributed by atoms with Crippen LogP contribution >= 0.6 is 0 Å². The molecule has 0 aliphatic carbocycles. The molecule has 0 bridgehead atoms. The average molecular weight is 511 g/mol. The van der Waals surface area contributed by atoms with Crippen LogP contribution in [0.1, 0.15) is 35.6 Å². The Morgan fingerprint density at radius 2 is 1.59 bits per heavy atom. The number of rotatable bonds is 11. The number of allylic oxidation sites excluding steroid dienone is 1. The molecule has 1 saturated heterocycles. The summed E-state index contributed by atoms with van der Waals surface area (Å²) >= 11 is 0. The number of methoxy groups -OCH3 is 2. The monoisotopic (exact) mass is 510 g/mol. The van der Waals surface area contributed by atoms with Crippen LogP contribution < -0.4 is 18.9 Å². The van der Waals surface area contributed by atoms with Crippen molar-refractivity contribution in [2.75, 3.05) is 53.6 Å². The molecule has 37 heavy (non-hydrogen) atoms. The molecule has 0 saturated carbocycles. The molecule has 1 aliphatic rings. The molecule has 2 aromatic carbocycles. The van der Waals surface area contributed by atoms with Gasteiger partial charge in [0.25, 0.3) is 0 Å². The molecular formula is C29H38N2O6. The predicted octanol–water partition coefficient (Wildman–Crippen LogP) is 4.18. The van der Waals surface area contributed by atoms with E-state index in [0.29, 0.717) is 35.9 Å². The Bertz CT molecular complexity index is 1110. The van der Waals surface area contributed by atoms with E-state index >= 15 is 0 Å². The van der Waals surface area contributed by atoms with E-state index in [1.54, 1.807) is 33.3 Å². The van der Waals surface area contributed by atoms with Crippen molar-refractivity contribution in [1.82, 2.24) is 9.80 Å². The highest BCUT2D eigenvalue weighted by molar-refractivity contribution is 5.80. The first-order valence-electron chi connectivity index (χ1n) is 12.6. The van der Waals surface area contributed by atoms with E-state index in [1.807, 2.05) is 37.8 Å². The number of ether oxygens (including phenoxy) is 4. The summed E-state index contributed by atoms with van der Waals surface area (Å²) in [6.07, 6.45) is 3.02. The maximum absolute atomic E-state index is 11.5. The fraction of sp³-hybridized carbons (Fsp3) is 0.448. The smallest absolute Gasteiger partial charge is 0.219 e. The van der Waals surface area contributed by atoms with E-state index < -0.39 is 0 Å². The van der Waals surface area contributed by atoms with Gasteiger partial charge in [0.15, 0.2) is 0 Å². The molecule has 0 aromatic heterocycles. The van der Waals surface area contributed by atoms with Gasteiger partial charge in [0.05, 0.1) is 20.8 Å². The minimum atomic E-state index is 0.146. The first-order chi connectivity index (χ1) is 17.8. The molecular weight excluding hydrogens is 472 g/mol. The lowest BCUT2D eigenvalue weighted by atomic mass is 10.0. The Morgan fingerprint density at radius 1 is 0.946 bits per heavy atom. The zero-order chi connectivity index (χ0) is 26.9. The molecule has 200 valence electrons. The summed E-state index contributed by atoms with van der Waals surface area (Å²) in [6, 6.07) is 7.49. The third kappa shape index (κ3) is 7.26. The van der Waals surface area contributed by atoms with Crippen LogP contribution in [-0.4, -0.2) is 75.5 Å². The molecule has 1 aliphatic heterocycles. The van der Waals surface area contributed by atoms with Gasteiger partial charge in [-0.05, 0) is 50.5 Å². The second-order valence-corrected chi connectivity index (χ2v) is 9.21. The van der Waals surface area contributed by atoms with Gasteiger partial charge in [0, 0.05) is 69.0 Å². The maximum Gasteiger partial charge on any atom is 0.219 e. The van der Waals surface area contributed by atoms with Gasteiger partial charge in [-0.1, -0.05) is 0 Å². The molecule has 1 fully saturated rings. The van der Waals surface area contributed by atoms with Gasteiger partial charge in [0.2, 0.25) is 5.91 Å². The van der Waals surface area contributed by atoms with Gasteiger partial charge in [-0.3, -0.25) is 14.5 Å². The maximum atomic E-state index is 11.5. The number of aldehydes is 1. The van der Waals surface area contributed by atoms with E-state index in [9.17, 15) is 9.59 Å². The number of carbonyl (C=O) groups is 2. The highest BCUT2D eigenvalue weighted by Crippen LogP contribution is 2.36. The Kier molecular flexibility index (Phi) is 9.97. The van der Waals surface area contributed by atoms with Gasteiger partial charge < -0.3 is 23.8 Å². The number of benzene rings is 2.